The van der Waals surface area contributed by atoms with Crippen LogP contribution >= 0.6 is 0 Å². The van der Waals surface area contributed by atoms with Crippen molar-refractivity contribution in [1.29, 1.82) is 5.26 Å². The Hall–Kier alpha value is -2.80. The maximum atomic E-state index is 12.0. The van der Waals surface area contributed by atoms with Gasteiger partial charge in [0.15, 0.2) is 0 Å². The molecule has 0 unspecified atom stereocenters. The molecule has 0 fully saturated rings. The lowest BCUT2D eigenvalue weighted by Gasteiger charge is -2.12. The molecule has 106 valence electrons. The summed E-state index contributed by atoms with van der Waals surface area (Å²) in [5, 5.41) is 11.6. The lowest BCUT2D eigenvalue weighted by Crippen LogP contribution is -2.22. The van der Waals surface area contributed by atoms with Crippen LogP contribution in [0.4, 0.5) is 5.69 Å². The first-order valence-electron chi connectivity index (χ1n) is 6.65. The molecule has 1 amide bonds. The van der Waals surface area contributed by atoms with Crippen LogP contribution < -0.4 is 10.2 Å². The Morgan fingerprint density at radius 1 is 1.10 bits per heavy atom. The second-order valence-electron chi connectivity index (χ2n) is 4.93. The van der Waals surface area contributed by atoms with E-state index in [1.165, 1.54) is 0 Å². The first-order valence-corrected chi connectivity index (χ1v) is 6.65. The smallest absolute Gasteiger partial charge is 0.251 e. The van der Waals surface area contributed by atoms with Crippen molar-refractivity contribution in [3.05, 3.63) is 65.2 Å². The van der Waals surface area contributed by atoms with E-state index in [1.54, 1.807) is 12.1 Å². The van der Waals surface area contributed by atoms with E-state index >= 15 is 0 Å². The van der Waals surface area contributed by atoms with Crippen LogP contribution in [0.15, 0.2) is 48.5 Å². The van der Waals surface area contributed by atoms with Gasteiger partial charge in [0.1, 0.15) is 0 Å². The van der Waals surface area contributed by atoms with E-state index in [0.717, 1.165) is 11.3 Å². The van der Waals surface area contributed by atoms with Gasteiger partial charge in [-0.05, 0) is 42.0 Å². The van der Waals surface area contributed by atoms with Crippen molar-refractivity contribution in [3.63, 3.8) is 0 Å². The lowest BCUT2D eigenvalue weighted by molar-refractivity contribution is 0.0951. The van der Waals surface area contributed by atoms with E-state index in [0.29, 0.717) is 17.7 Å². The number of amides is 1. The van der Waals surface area contributed by atoms with Gasteiger partial charge in [0.25, 0.3) is 5.91 Å². The molecule has 0 saturated heterocycles. The third-order valence-corrected chi connectivity index (χ3v) is 3.18. The lowest BCUT2D eigenvalue weighted by atomic mass is 10.1. The van der Waals surface area contributed by atoms with Crippen LogP contribution in [0.1, 0.15) is 21.5 Å². The molecule has 0 heterocycles. The Kier molecular flexibility index (Phi) is 4.57. The fourth-order valence-corrected chi connectivity index (χ4v) is 1.89. The highest BCUT2D eigenvalue weighted by molar-refractivity contribution is 5.94. The van der Waals surface area contributed by atoms with E-state index in [9.17, 15) is 4.79 Å². The molecule has 1 N–H and O–H groups in total. The van der Waals surface area contributed by atoms with Crippen LogP contribution in [-0.2, 0) is 6.54 Å². The highest BCUT2D eigenvalue weighted by atomic mass is 16.1. The Balaban J connectivity index is 1.96. The quantitative estimate of drug-likeness (QED) is 0.935. The summed E-state index contributed by atoms with van der Waals surface area (Å²) in [5.41, 5.74) is 3.27. The van der Waals surface area contributed by atoms with Gasteiger partial charge < -0.3 is 10.2 Å². The minimum atomic E-state index is -0.107. The van der Waals surface area contributed by atoms with Crippen LogP contribution in [0.3, 0.4) is 0 Å². The predicted octanol–water partition coefficient (Wildman–Crippen LogP) is 2.55. The van der Waals surface area contributed by atoms with Gasteiger partial charge in [0, 0.05) is 31.9 Å². The van der Waals surface area contributed by atoms with Crippen molar-refractivity contribution in [2.45, 2.75) is 6.54 Å². The summed E-state index contributed by atoms with van der Waals surface area (Å²) >= 11 is 0. The molecular formula is C17H17N3O. The maximum Gasteiger partial charge on any atom is 0.251 e. The molecule has 2 aromatic carbocycles. The number of carbonyl (C=O) groups excluding carboxylic acids is 1. The number of benzene rings is 2. The molecule has 0 bridgehead atoms. The Morgan fingerprint density at radius 3 is 2.24 bits per heavy atom. The van der Waals surface area contributed by atoms with Crippen LogP contribution in [0.2, 0.25) is 0 Å². The normalized spacial score (nSPS) is 9.76. The number of hydrogen-bond acceptors (Lipinski definition) is 3. The summed E-state index contributed by atoms with van der Waals surface area (Å²) in [6, 6.07) is 16.7. The zero-order valence-corrected chi connectivity index (χ0v) is 12.1. The van der Waals surface area contributed by atoms with Gasteiger partial charge in [-0.2, -0.15) is 5.26 Å². The summed E-state index contributed by atoms with van der Waals surface area (Å²) in [6.07, 6.45) is 0. The molecular weight excluding hydrogens is 262 g/mol. The molecule has 0 atom stereocenters. The van der Waals surface area contributed by atoms with E-state index in [1.807, 2.05) is 55.4 Å². The topological polar surface area (TPSA) is 56.1 Å². The van der Waals surface area contributed by atoms with Gasteiger partial charge in [-0.15, -0.1) is 0 Å². The van der Waals surface area contributed by atoms with Crippen molar-refractivity contribution in [1.82, 2.24) is 5.32 Å². The summed E-state index contributed by atoms with van der Waals surface area (Å²) in [5.74, 6) is -0.107. The number of hydrogen-bond donors (Lipinski definition) is 1. The summed E-state index contributed by atoms with van der Waals surface area (Å²) in [7, 11) is 3.92. The van der Waals surface area contributed by atoms with Crippen LogP contribution in [-0.4, -0.2) is 20.0 Å². The first kappa shape index (κ1) is 14.6. The van der Waals surface area contributed by atoms with Gasteiger partial charge in [-0.25, -0.2) is 0 Å². The molecule has 4 nitrogen and oxygen atoms in total. The number of nitriles is 1. The van der Waals surface area contributed by atoms with Crippen LogP contribution in [0.25, 0.3) is 0 Å². The number of rotatable bonds is 4. The SMILES string of the molecule is CN(C)c1ccc(C(=O)NCc2ccc(C#N)cc2)cc1. The Morgan fingerprint density at radius 2 is 1.71 bits per heavy atom. The van der Waals surface area contributed by atoms with Crippen LogP contribution in [0.5, 0.6) is 0 Å². The minimum Gasteiger partial charge on any atom is -0.378 e. The number of nitrogens with zero attached hydrogens (tertiary/aromatic N) is 2. The zero-order chi connectivity index (χ0) is 15.2. The molecule has 0 radical (unpaired) electrons. The largest absolute Gasteiger partial charge is 0.378 e. The van der Waals surface area contributed by atoms with Crippen molar-refractivity contribution < 1.29 is 4.79 Å². The molecule has 4 heteroatoms. The molecule has 0 aliphatic heterocycles. The average molecular weight is 279 g/mol. The standard InChI is InChI=1S/C17H17N3O/c1-20(2)16-9-7-15(8-10-16)17(21)19-12-14-5-3-13(11-18)4-6-14/h3-10H,12H2,1-2H3,(H,19,21). The Bertz CT molecular complexity index is 652. The van der Waals surface area contributed by atoms with Gasteiger partial charge in [0.2, 0.25) is 0 Å². The van der Waals surface area contributed by atoms with Gasteiger partial charge in [-0.3, -0.25) is 4.79 Å². The van der Waals surface area contributed by atoms with Crippen molar-refractivity contribution >= 4 is 11.6 Å². The molecule has 0 aliphatic rings. The van der Waals surface area contributed by atoms with Crippen LogP contribution in [0, 0.1) is 11.3 Å². The summed E-state index contributed by atoms with van der Waals surface area (Å²) in [6.45, 7) is 0.444. The monoisotopic (exact) mass is 279 g/mol. The predicted molar refractivity (Wildman–Crippen MR) is 83.1 cm³/mol. The highest BCUT2D eigenvalue weighted by Crippen LogP contribution is 2.12. The fraction of sp³-hybridized carbons (Fsp3) is 0.176. The van der Waals surface area contributed by atoms with E-state index in [2.05, 4.69) is 11.4 Å². The van der Waals surface area contributed by atoms with E-state index in [-0.39, 0.29) is 5.91 Å². The van der Waals surface area contributed by atoms with Crippen molar-refractivity contribution in [2.24, 2.45) is 0 Å². The molecule has 0 spiro atoms. The van der Waals surface area contributed by atoms with E-state index < -0.39 is 0 Å². The van der Waals surface area contributed by atoms with Gasteiger partial charge in [0.05, 0.1) is 11.6 Å². The molecule has 0 aliphatic carbocycles. The number of nitrogens with one attached hydrogen (secondary N) is 1. The zero-order valence-electron chi connectivity index (χ0n) is 12.1. The van der Waals surface area contributed by atoms with Gasteiger partial charge in [-0.1, -0.05) is 12.1 Å². The second kappa shape index (κ2) is 6.58. The minimum absolute atomic E-state index is 0.107. The molecule has 21 heavy (non-hydrogen) atoms. The molecule has 0 aromatic heterocycles. The third-order valence-electron chi connectivity index (χ3n) is 3.18. The Labute approximate surface area is 124 Å². The summed E-state index contributed by atoms with van der Waals surface area (Å²) in [4.78, 5) is 14.0. The fourth-order valence-electron chi connectivity index (χ4n) is 1.89. The summed E-state index contributed by atoms with van der Waals surface area (Å²) < 4.78 is 0. The maximum absolute atomic E-state index is 12.0. The van der Waals surface area contributed by atoms with Crippen molar-refractivity contribution in [3.8, 4) is 6.07 Å². The van der Waals surface area contributed by atoms with E-state index in [4.69, 9.17) is 5.26 Å². The van der Waals surface area contributed by atoms with Crippen molar-refractivity contribution in [2.75, 3.05) is 19.0 Å². The third kappa shape index (κ3) is 3.83. The number of carbonyl (C=O) groups is 1. The number of anilines is 1. The molecule has 2 rings (SSSR count). The highest BCUT2D eigenvalue weighted by Gasteiger charge is 2.05. The average Bonchev–Trinajstić information content (AvgIpc) is 2.53. The second-order valence-corrected chi connectivity index (χ2v) is 4.93. The van der Waals surface area contributed by atoms with Gasteiger partial charge >= 0.3 is 0 Å². The molecule has 0 saturated carbocycles. The first-order chi connectivity index (χ1) is 10.1. The molecule has 2 aromatic rings.